The van der Waals surface area contributed by atoms with E-state index >= 15 is 0 Å². The van der Waals surface area contributed by atoms with Gasteiger partial charge in [-0.3, -0.25) is 9.52 Å². The normalized spacial score (nSPS) is 11.9. The highest BCUT2D eigenvalue weighted by Gasteiger charge is 2.24. The number of aromatic nitrogens is 1. The van der Waals surface area contributed by atoms with Crippen LogP contribution < -0.4 is 9.46 Å². The molecule has 0 aliphatic carbocycles. The van der Waals surface area contributed by atoms with Gasteiger partial charge in [-0.05, 0) is 30.3 Å². The van der Waals surface area contributed by atoms with Crippen molar-refractivity contribution in [3.63, 3.8) is 0 Å². The Kier molecular flexibility index (Phi) is 6.11. The maximum atomic E-state index is 14.3. The SMILES string of the molecule is COc1cccc(F)c1C(=O)c1ncc(Cl)cc1NS(=O)c1ccc(Cl)s1. The third-order valence-corrected chi connectivity index (χ3v) is 6.27. The number of hydrogen-bond acceptors (Lipinski definition) is 5. The molecule has 1 aromatic carbocycles. The van der Waals surface area contributed by atoms with Crippen molar-refractivity contribution in [3.05, 3.63) is 69.0 Å². The van der Waals surface area contributed by atoms with E-state index in [1.54, 1.807) is 12.1 Å². The Balaban J connectivity index is 2.02. The van der Waals surface area contributed by atoms with Gasteiger partial charge in [0.05, 0.1) is 22.2 Å². The van der Waals surface area contributed by atoms with Gasteiger partial charge < -0.3 is 4.74 Å². The fourth-order valence-electron chi connectivity index (χ4n) is 2.26. The maximum Gasteiger partial charge on any atom is 0.220 e. The quantitative estimate of drug-likeness (QED) is 0.545. The largest absolute Gasteiger partial charge is 0.496 e. The van der Waals surface area contributed by atoms with Crippen LogP contribution >= 0.6 is 34.5 Å². The number of nitrogens with zero attached hydrogens (tertiary/aromatic N) is 1. The summed E-state index contributed by atoms with van der Waals surface area (Å²) in [6, 6.07) is 8.62. The fourth-order valence-corrected chi connectivity index (χ4v) is 4.68. The molecular weight excluding hydrogens is 434 g/mol. The number of nitrogens with one attached hydrogen (secondary N) is 1. The van der Waals surface area contributed by atoms with Crippen molar-refractivity contribution in [1.29, 1.82) is 0 Å². The number of thiophene rings is 1. The second-order valence-electron chi connectivity index (χ2n) is 5.13. The number of ketones is 1. The molecule has 3 rings (SSSR count). The van der Waals surface area contributed by atoms with E-state index in [-0.39, 0.29) is 27.7 Å². The number of methoxy groups -OCH3 is 1. The molecule has 1 atom stereocenters. The van der Waals surface area contributed by atoms with Gasteiger partial charge in [0.25, 0.3) is 0 Å². The summed E-state index contributed by atoms with van der Waals surface area (Å²) < 4.78 is 35.5. The molecule has 0 spiro atoms. The molecule has 0 aliphatic heterocycles. The standard InChI is InChI=1S/C17H11Cl2FN2O3S2/c1-25-12-4-2-3-10(20)15(12)17(23)16-11(7-9(18)8-21-16)22-27(24)14-6-5-13(19)26-14/h2-8,22H,1H3. The second kappa shape index (κ2) is 8.35. The monoisotopic (exact) mass is 444 g/mol. The number of ether oxygens (including phenoxy) is 1. The molecule has 140 valence electrons. The van der Waals surface area contributed by atoms with Crippen molar-refractivity contribution in [1.82, 2.24) is 4.98 Å². The Morgan fingerprint density at radius 1 is 1.30 bits per heavy atom. The summed E-state index contributed by atoms with van der Waals surface area (Å²) in [5.41, 5.74) is -0.317. The molecule has 1 unspecified atom stereocenters. The summed E-state index contributed by atoms with van der Waals surface area (Å²) in [7, 11) is -0.380. The zero-order valence-electron chi connectivity index (χ0n) is 13.7. The van der Waals surface area contributed by atoms with Crippen LogP contribution in [0.5, 0.6) is 5.75 Å². The topological polar surface area (TPSA) is 68.3 Å². The van der Waals surface area contributed by atoms with Crippen LogP contribution in [-0.4, -0.2) is 22.1 Å². The minimum Gasteiger partial charge on any atom is -0.496 e. The van der Waals surface area contributed by atoms with Crippen LogP contribution in [0.4, 0.5) is 10.1 Å². The molecule has 0 radical (unpaired) electrons. The van der Waals surface area contributed by atoms with E-state index in [9.17, 15) is 13.4 Å². The minimum absolute atomic E-state index is 0.0638. The van der Waals surface area contributed by atoms with E-state index in [2.05, 4.69) is 9.71 Å². The highest BCUT2D eigenvalue weighted by atomic mass is 35.5. The predicted octanol–water partition coefficient (Wildman–Crippen LogP) is 4.96. The van der Waals surface area contributed by atoms with Gasteiger partial charge in [0.15, 0.2) is 11.0 Å². The first-order chi connectivity index (χ1) is 12.9. The van der Waals surface area contributed by atoms with Crippen molar-refractivity contribution in [2.24, 2.45) is 0 Å². The summed E-state index contributed by atoms with van der Waals surface area (Å²) in [5, 5.41) is 0.218. The number of hydrogen-bond donors (Lipinski definition) is 1. The molecule has 0 bridgehead atoms. The molecule has 2 heterocycles. The minimum atomic E-state index is -1.71. The molecular formula is C17H11Cl2FN2O3S2. The lowest BCUT2D eigenvalue weighted by Gasteiger charge is -2.12. The molecule has 2 aromatic heterocycles. The van der Waals surface area contributed by atoms with E-state index in [1.807, 2.05) is 0 Å². The van der Waals surface area contributed by atoms with Gasteiger partial charge in [0, 0.05) is 6.20 Å². The van der Waals surface area contributed by atoms with Gasteiger partial charge in [-0.2, -0.15) is 0 Å². The Labute approximate surface area is 170 Å². The van der Waals surface area contributed by atoms with Crippen LogP contribution in [0.1, 0.15) is 16.1 Å². The van der Waals surface area contributed by atoms with Crippen molar-refractivity contribution < 1.29 is 18.1 Å². The van der Waals surface area contributed by atoms with E-state index in [0.717, 1.165) is 17.4 Å². The van der Waals surface area contributed by atoms with Crippen molar-refractivity contribution in [2.45, 2.75) is 4.21 Å². The summed E-state index contributed by atoms with van der Waals surface area (Å²) in [5.74, 6) is -1.42. The highest BCUT2D eigenvalue weighted by Crippen LogP contribution is 2.30. The van der Waals surface area contributed by atoms with Gasteiger partial charge in [0.1, 0.15) is 27.0 Å². The van der Waals surface area contributed by atoms with Gasteiger partial charge in [-0.15, -0.1) is 11.3 Å². The van der Waals surface area contributed by atoms with Crippen LogP contribution in [0.2, 0.25) is 9.36 Å². The van der Waals surface area contributed by atoms with E-state index in [4.69, 9.17) is 27.9 Å². The Morgan fingerprint density at radius 2 is 2.07 bits per heavy atom. The van der Waals surface area contributed by atoms with Crippen molar-refractivity contribution >= 4 is 57.0 Å². The molecule has 0 amide bonds. The number of benzene rings is 1. The maximum absolute atomic E-state index is 14.3. The molecule has 5 nitrogen and oxygen atoms in total. The number of anilines is 1. The van der Waals surface area contributed by atoms with Crippen molar-refractivity contribution in [2.75, 3.05) is 11.8 Å². The second-order valence-corrected chi connectivity index (χ2v) is 8.72. The van der Waals surface area contributed by atoms with Crippen LogP contribution in [0.15, 0.2) is 46.8 Å². The lowest BCUT2D eigenvalue weighted by molar-refractivity contribution is 0.102. The molecule has 10 heteroatoms. The van der Waals surface area contributed by atoms with Crippen LogP contribution in [0, 0.1) is 5.82 Å². The fraction of sp³-hybridized carbons (Fsp3) is 0.0588. The van der Waals surface area contributed by atoms with E-state index < -0.39 is 22.6 Å². The average molecular weight is 445 g/mol. The summed E-state index contributed by atoms with van der Waals surface area (Å²) in [6.45, 7) is 0. The molecule has 0 aliphatic rings. The molecule has 0 fully saturated rings. The Bertz CT molecular complexity index is 1040. The molecule has 0 saturated heterocycles. The van der Waals surface area contributed by atoms with Crippen LogP contribution in [0.25, 0.3) is 0 Å². The van der Waals surface area contributed by atoms with E-state index in [1.165, 1.54) is 31.5 Å². The third kappa shape index (κ3) is 4.30. The number of rotatable bonds is 6. The molecule has 27 heavy (non-hydrogen) atoms. The number of carbonyl (C=O) groups excluding carboxylic acids is 1. The zero-order valence-corrected chi connectivity index (χ0v) is 16.8. The van der Waals surface area contributed by atoms with Crippen LogP contribution in [0.3, 0.4) is 0 Å². The lowest BCUT2D eigenvalue weighted by Crippen LogP contribution is -2.14. The van der Waals surface area contributed by atoms with Crippen LogP contribution in [-0.2, 0) is 11.0 Å². The predicted molar refractivity (Wildman–Crippen MR) is 105 cm³/mol. The summed E-state index contributed by atoms with van der Waals surface area (Å²) >= 11 is 12.9. The van der Waals surface area contributed by atoms with Crippen molar-refractivity contribution in [3.8, 4) is 5.75 Å². The number of pyridine rings is 1. The lowest BCUT2D eigenvalue weighted by atomic mass is 10.0. The number of halogens is 3. The molecule has 3 aromatic rings. The average Bonchev–Trinajstić information content (AvgIpc) is 3.07. The molecule has 0 saturated carbocycles. The highest BCUT2D eigenvalue weighted by molar-refractivity contribution is 7.88. The van der Waals surface area contributed by atoms with E-state index in [0.29, 0.717) is 8.55 Å². The summed E-state index contributed by atoms with van der Waals surface area (Å²) in [6.07, 6.45) is 1.25. The first-order valence-electron chi connectivity index (χ1n) is 7.37. The Morgan fingerprint density at radius 3 is 2.74 bits per heavy atom. The smallest absolute Gasteiger partial charge is 0.220 e. The zero-order chi connectivity index (χ0) is 19.6. The first-order valence-corrected chi connectivity index (χ1v) is 10.1. The summed E-state index contributed by atoms with van der Waals surface area (Å²) in [4.78, 5) is 16.9. The number of carbonyl (C=O) groups is 1. The third-order valence-electron chi connectivity index (χ3n) is 3.43. The van der Waals surface area contributed by atoms with Gasteiger partial charge in [-0.25, -0.2) is 13.6 Å². The van der Waals surface area contributed by atoms with Gasteiger partial charge >= 0.3 is 0 Å². The first kappa shape index (κ1) is 19.8. The van der Waals surface area contributed by atoms with Gasteiger partial charge in [0.2, 0.25) is 5.78 Å². The molecule has 1 N–H and O–H groups in total. The van der Waals surface area contributed by atoms with Gasteiger partial charge in [-0.1, -0.05) is 29.3 Å². The Hall–Kier alpha value is -2.00.